The topological polar surface area (TPSA) is 119 Å². The minimum Gasteiger partial charge on any atom is -0.273 e. The number of amides is 1. The summed E-state index contributed by atoms with van der Waals surface area (Å²) < 4.78 is 22.6. The Balaban J connectivity index is 2.02. The van der Waals surface area contributed by atoms with Crippen LogP contribution in [0.3, 0.4) is 0 Å². The monoisotopic (exact) mass is 345 g/mol. The zero-order chi connectivity index (χ0) is 16.3. The van der Waals surface area contributed by atoms with Gasteiger partial charge in [0.05, 0.1) is 28.6 Å². The molecule has 0 aliphatic carbocycles. The molecular formula is C12H12ClN3O5S. The highest BCUT2D eigenvalue weighted by Crippen LogP contribution is 2.21. The van der Waals surface area contributed by atoms with E-state index in [0.717, 1.165) is 0 Å². The van der Waals surface area contributed by atoms with E-state index in [9.17, 15) is 23.3 Å². The smallest absolute Gasteiger partial charge is 0.270 e. The predicted molar refractivity (Wildman–Crippen MR) is 80.6 cm³/mol. The zero-order valence-corrected chi connectivity index (χ0v) is 12.8. The summed E-state index contributed by atoms with van der Waals surface area (Å²) in [6.07, 6.45) is 1.44. The number of nitro benzene ring substituents is 1. The number of nitro groups is 1. The molecule has 0 saturated carbocycles. The summed E-state index contributed by atoms with van der Waals surface area (Å²) in [6.45, 7) is 0. The lowest BCUT2D eigenvalue weighted by molar-refractivity contribution is -0.384. The van der Waals surface area contributed by atoms with Crippen LogP contribution in [0.15, 0.2) is 23.3 Å². The second-order valence-corrected chi connectivity index (χ2v) is 7.43. The Kier molecular flexibility index (Phi) is 4.77. The second kappa shape index (κ2) is 6.41. The van der Waals surface area contributed by atoms with Crippen LogP contribution in [0.2, 0.25) is 5.02 Å². The molecule has 1 amide bonds. The minimum atomic E-state index is -3.15. The van der Waals surface area contributed by atoms with E-state index in [1.807, 2.05) is 0 Å². The molecule has 0 unspecified atom stereocenters. The van der Waals surface area contributed by atoms with Crippen molar-refractivity contribution < 1.29 is 18.1 Å². The van der Waals surface area contributed by atoms with Crippen molar-refractivity contribution >= 4 is 39.2 Å². The molecule has 22 heavy (non-hydrogen) atoms. The number of hydrogen-bond acceptors (Lipinski definition) is 6. The number of sulfone groups is 1. The van der Waals surface area contributed by atoms with Gasteiger partial charge in [-0.15, -0.1) is 0 Å². The maximum absolute atomic E-state index is 11.8. The number of nitrogens with zero attached hydrogens (tertiary/aromatic N) is 2. The molecule has 10 heteroatoms. The minimum absolute atomic E-state index is 0.00842. The highest BCUT2D eigenvalue weighted by Gasteiger charge is 2.32. The van der Waals surface area contributed by atoms with Crippen molar-refractivity contribution in [2.75, 3.05) is 11.5 Å². The van der Waals surface area contributed by atoms with Gasteiger partial charge >= 0.3 is 0 Å². The molecular weight excluding hydrogens is 334 g/mol. The van der Waals surface area contributed by atoms with Crippen LogP contribution >= 0.6 is 11.6 Å². The highest BCUT2D eigenvalue weighted by atomic mass is 35.5. The van der Waals surface area contributed by atoms with E-state index in [-0.39, 0.29) is 34.2 Å². The zero-order valence-electron chi connectivity index (χ0n) is 11.2. The number of nitrogens with one attached hydrogen (secondary N) is 1. The molecule has 1 aromatic carbocycles. The van der Waals surface area contributed by atoms with Gasteiger partial charge < -0.3 is 0 Å². The molecule has 1 saturated heterocycles. The van der Waals surface area contributed by atoms with Crippen molar-refractivity contribution in [2.24, 2.45) is 11.0 Å². The molecule has 0 spiro atoms. The van der Waals surface area contributed by atoms with Crippen LogP contribution < -0.4 is 5.43 Å². The van der Waals surface area contributed by atoms with Crippen molar-refractivity contribution in [3.05, 3.63) is 38.9 Å². The van der Waals surface area contributed by atoms with Gasteiger partial charge in [0.2, 0.25) is 5.91 Å². The third kappa shape index (κ3) is 4.01. The van der Waals surface area contributed by atoms with Gasteiger partial charge in [-0.1, -0.05) is 11.6 Å². The molecule has 1 N–H and O–H groups in total. The summed E-state index contributed by atoms with van der Waals surface area (Å²) in [5.41, 5.74) is 2.34. The average molecular weight is 346 g/mol. The fourth-order valence-electron chi connectivity index (χ4n) is 2.00. The van der Waals surface area contributed by atoms with Crippen LogP contribution in [0.5, 0.6) is 0 Å². The third-order valence-electron chi connectivity index (χ3n) is 3.17. The first kappa shape index (κ1) is 16.4. The molecule has 2 rings (SSSR count). The van der Waals surface area contributed by atoms with Crippen molar-refractivity contribution in [3.63, 3.8) is 0 Å². The highest BCUT2D eigenvalue weighted by molar-refractivity contribution is 7.91. The summed E-state index contributed by atoms with van der Waals surface area (Å²) in [7, 11) is -3.15. The Morgan fingerprint density at radius 2 is 2.23 bits per heavy atom. The lowest BCUT2D eigenvalue weighted by Crippen LogP contribution is -2.27. The second-order valence-electron chi connectivity index (χ2n) is 4.80. The average Bonchev–Trinajstić information content (AvgIpc) is 2.81. The number of benzene rings is 1. The number of carbonyl (C=O) groups excluding carboxylic acids is 1. The summed E-state index contributed by atoms with van der Waals surface area (Å²) in [5.74, 6) is -1.32. The molecule has 1 heterocycles. The Labute approximate surface area is 131 Å². The molecule has 1 aliphatic heterocycles. The van der Waals surface area contributed by atoms with E-state index >= 15 is 0 Å². The Morgan fingerprint density at radius 1 is 1.50 bits per heavy atom. The van der Waals surface area contributed by atoms with E-state index in [0.29, 0.717) is 0 Å². The van der Waals surface area contributed by atoms with Crippen molar-refractivity contribution in [3.8, 4) is 0 Å². The maximum atomic E-state index is 11.8. The summed E-state index contributed by atoms with van der Waals surface area (Å²) in [5, 5.41) is 14.6. The molecule has 0 bridgehead atoms. The Hall–Kier alpha value is -2.00. The number of carbonyl (C=O) groups is 1. The number of halogens is 1. The van der Waals surface area contributed by atoms with Crippen LogP contribution in [-0.4, -0.2) is 37.0 Å². The summed E-state index contributed by atoms with van der Waals surface area (Å²) in [4.78, 5) is 21.9. The fraction of sp³-hybridized carbons (Fsp3) is 0.333. The molecule has 0 aromatic heterocycles. The SMILES string of the molecule is O=C(N/N=C\c1cc([N+](=O)[O-])ccc1Cl)[C@@H]1CCS(=O)(=O)C1. The van der Waals surface area contributed by atoms with Gasteiger partial charge in [-0.25, -0.2) is 13.8 Å². The first-order chi connectivity index (χ1) is 10.3. The Bertz CT molecular complexity index is 747. The molecule has 8 nitrogen and oxygen atoms in total. The van der Waals surface area contributed by atoms with Crippen molar-refractivity contribution in [2.45, 2.75) is 6.42 Å². The van der Waals surface area contributed by atoms with Gasteiger partial charge in [0, 0.05) is 22.7 Å². The lowest BCUT2D eigenvalue weighted by Gasteiger charge is -2.04. The maximum Gasteiger partial charge on any atom is 0.270 e. The van der Waals surface area contributed by atoms with Gasteiger partial charge in [0.1, 0.15) is 0 Å². The Morgan fingerprint density at radius 3 is 2.82 bits per heavy atom. The normalized spacial score (nSPS) is 20.1. The number of hydrogen-bond donors (Lipinski definition) is 1. The van der Waals surface area contributed by atoms with Gasteiger partial charge in [-0.3, -0.25) is 14.9 Å². The molecule has 1 atom stereocenters. The molecule has 1 aromatic rings. The van der Waals surface area contributed by atoms with Gasteiger partial charge in [-0.05, 0) is 12.5 Å². The van der Waals surface area contributed by atoms with E-state index in [2.05, 4.69) is 10.5 Å². The molecule has 1 aliphatic rings. The largest absolute Gasteiger partial charge is 0.273 e. The molecule has 0 radical (unpaired) electrons. The van der Waals surface area contributed by atoms with Crippen LogP contribution in [0.4, 0.5) is 5.69 Å². The predicted octanol–water partition coefficient (Wildman–Crippen LogP) is 1.13. The molecule has 1 fully saturated rings. The van der Waals surface area contributed by atoms with E-state index in [1.54, 1.807) is 0 Å². The third-order valence-corrected chi connectivity index (χ3v) is 5.28. The van der Waals surface area contributed by atoms with Crippen molar-refractivity contribution in [1.82, 2.24) is 5.43 Å². The van der Waals surface area contributed by atoms with E-state index < -0.39 is 26.6 Å². The van der Waals surface area contributed by atoms with E-state index in [4.69, 9.17) is 11.6 Å². The quantitative estimate of drug-likeness (QED) is 0.498. The summed E-state index contributed by atoms with van der Waals surface area (Å²) >= 11 is 5.87. The standard InChI is InChI=1S/C12H12ClN3O5S/c13-11-2-1-10(16(18)19)5-9(11)6-14-15-12(17)8-3-4-22(20,21)7-8/h1-2,5-6,8H,3-4,7H2,(H,15,17)/b14-6-/t8-/m1/s1. The first-order valence-corrected chi connectivity index (χ1v) is 8.46. The first-order valence-electron chi connectivity index (χ1n) is 6.26. The van der Waals surface area contributed by atoms with Gasteiger partial charge in [0.25, 0.3) is 5.69 Å². The fourth-order valence-corrected chi connectivity index (χ4v) is 3.91. The van der Waals surface area contributed by atoms with Gasteiger partial charge in [0.15, 0.2) is 9.84 Å². The van der Waals surface area contributed by atoms with E-state index in [1.165, 1.54) is 24.4 Å². The summed E-state index contributed by atoms with van der Waals surface area (Å²) in [6, 6.07) is 3.83. The molecule has 118 valence electrons. The van der Waals surface area contributed by atoms with Crippen LogP contribution in [0.25, 0.3) is 0 Å². The number of non-ortho nitro benzene ring substituents is 1. The number of rotatable bonds is 4. The van der Waals surface area contributed by atoms with Crippen molar-refractivity contribution in [1.29, 1.82) is 0 Å². The van der Waals surface area contributed by atoms with Crippen LogP contribution in [0.1, 0.15) is 12.0 Å². The van der Waals surface area contributed by atoms with Gasteiger partial charge in [-0.2, -0.15) is 5.10 Å². The number of hydrazone groups is 1. The lowest BCUT2D eigenvalue weighted by atomic mass is 10.1. The van der Waals surface area contributed by atoms with Crippen LogP contribution in [0, 0.1) is 16.0 Å². The van der Waals surface area contributed by atoms with Crippen LogP contribution in [-0.2, 0) is 14.6 Å².